The number of rotatable bonds is 3. The van der Waals surface area contributed by atoms with Gasteiger partial charge in [0.1, 0.15) is 0 Å². The van der Waals surface area contributed by atoms with Crippen molar-refractivity contribution in [1.82, 2.24) is 5.32 Å². The van der Waals surface area contributed by atoms with Crippen LogP contribution < -0.4 is 5.32 Å². The lowest BCUT2D eigenvalue weighted by Gasteiger charge is -2.25. The van der Waals surface area contributed by atoms with Crippen molar-refractivity contribution in [2.75, 3.05) is 0 Å². The number of amides is 1. The summed E-state index contributed by atoms with van der Waals surface area (Å²) in [7, 11) is 0. The molecule has 1 amide bonds. The number of hydrogen-bond acceptors (Lipinski definition) is 2. The van der Waals surface area contributed by atoms with Gasteiger partial charge in [-0.3, -0.25) is 4.79 Å². The van der Waals surface area contributed by atoms with Gasteiger partial charge in [0.2, 0.25) is 5.91 Å². The zero-order chi connectivity index (χ0) is 9.68. The second kappa shape index (κ2) is 5.02. The summed E-state index contributed by atoms with van der Waals surface area (Å²) >= 11 is 0. The first-order valence-corrected chi connectivity index (χ1v) is 4.80. The number of aliphatic hydroxyl groups excluding tert-OH is 1. The van der Waals surface area contributed by atoms with E-state index in [0.717, 1.165) is 25.7 Å². The molecule has 0 aliphatic heterocycles. The number of hydrogen-bond donors (Lipinski definition) is 2. The van der Waals surface area contributed by atoms with Crippen molar-refractivity contribution < 1.29 is 9.90 Å². The highest BCUT2D eigenvalue weighted by Gasteiger charge is 2.19. The summed E-state index contributed by atoms with van der Waals surface area (Å²) in [6, 6.07) is 0.260. The molecule has 0 spiro atoms. The predicted molar refractivity (Wildman–Crippen MR) is 51.2 cm³/mol. The van der Waals surface area contributed by atoms with Gasteiger partial charge in [0.05, 0.1) is 6.10 Å². The zero-order valence-electron chi connectivity index (χ0n) is 7.83. The average Bonchev–Trinajstić information content (AvgIpc) is 2.09. The summed E-state index contributed by atoms with van der Waals surface area (Å²) in [4.78, 5) is 11.1. The monoisotopic (exact) mass is 183 g/mol. The van der Waals surface area contributed by atoms with E-state index < -0.39 is 0 Å². The molecule has 0 atom stereocenters. The maximum atomic E-state index is 11.1. The van der Waals surface area contributed by atoms with Gasteiger partial charge < -0.3 is 10.4 Å². The Morgan fingerprint density at radius 1 is 1.46 bits per heavy atom. The van der Waals surface area contributed by atoms with Gasteiger partial charge in [-0.25, -0.2) is 0 Å². The second-order valence-electron chi connectivity index (χ2n) is 3.57. The SMILES string of the molecule is C=CCC(=O)NC1CCC(O)CC1. The van der Waals surface area contributed by atoms with E-state index in [1.165, 1.54) is 0 Å². The van der Waals surface area contributed by atoms with Crippen LogP contribution in [0.1, 0.15) is 32.1 Å². The van der Waals surface area contributed by atoms with Crippen molar-refractivity contribution in [3.05, 3.63) is 12.7 Å². The predicted octanol–water partition coefficient (Wildman–Crippen LogP) is 0.982. The molecule has 74 valence electrons. The zero-order valence-corrected chi connectivity index (χ0v) is 7.83. The molecule has 2 N–H and O–H groups in total. The Morgan fingerprint density at radius 2 is 2.08 bits per heavy atom. The Bertz CT molecular complexity index is 183. The van der Waals surface area contributed by atoms with Crippen LogP contribution >= 0.6 is 0 Å². The van der Waals surface area contributed by atoms with Gasteiger partial charge in [-0.05, 0) is 25.7 Å². The molecule has 3 heteroatoms. The molecule has 0 unspecified atom stereocenters. The van der Waals surface area contributed by atoms with Gasteiger partial charge in [-0.2, -0.15) is 0 Å². The Balaban J connectivity index is 2.22. The smallest absolute Gasteiger partial charge is 0.224 e. The van der Waals surface area contributed by atoms with Crippen molar-refractivity contribution in [3.8, 4) is 0 Å². The van der Waals surface area contributed by atoms with Crippen LogP contribution in [0.25, 0.3) is 0 Å². The molecule has 0 saturated heterocycles. The fourth-order valence-electron chi connectivity index (χ4n) is 1.64. The minimum Gasteiger partial charge on any atom is -0.393 e. The van der Waals surface area contributed by atoms with Crippen molar-refractivity contribution >= 4 is 5.91 Å². The number of nitrogens with one attached hydrogen (secondary N) is 1. The molecular formula is C10H17NO2. The molecule has 0 aromatic rings. The molecule has 0 radical (unpaired) electrons. The normalized spacial score (nSPS) is 28.1. The average molecular weight is 183 g/mol. The van der Waals surface area contributed by atoms with Crippen LogP contribution in [0.4, 0.5) is 0 Å². The highest BCUT2D eigenvalue weighted by atomic mass is 16.3. The lowest BCUT2D eigenvalue weighted by atomic mass is 9.93. The van der Waals surface area contributed by atoms with Gasteiger partial charge >= 0.3 is 0 Å². The van der Waals surface area contributed by atoms with Crippen LogP contribution in [0.15, 0.2) is 12.7 Å². The van der Waals surface area contributed by atoms with Crippen LogP contribution in [-0.2, 0) is 4.79 Å². The van der Waals surface area contributed by atoms with Crippen molar-refractivity contribution in [3.63, 3.8) is 0 Å². The summed E-state index contributed by atoms with van der Waals surface area (Å²) in [6.45, 7) is 3.50. The van der Waals surface area contributed by atoms with Crippen LogP contribution in [-0.4, -0.2) is 23.2 Å². The van der Waals surface area contributed by atoms with Crippen LogP contribution in [0.2, 0.25) is 0 Å². The van der Waals surface area contributed by atoms with E-state index in [2.05, 4.69) is 11.9 Å². The van der Waals surface area contributed by atoms with Gasteiger partial charge in [0.25, 0.3) is 0 Å². The number of aliphatic hydroxyl groups is 1. The van der Waals surface area contributed by atoms with E-state index in [9.17, 15) is 9.90 Å². The maximum absolute atomic E-state index is 11.1. The first-order valence-electron chi connectivity index (χ1n) is 4.80. The van der Waals surface area contributed by atoms with E-state index in [1.54, 1.807) is 6.08 Å². The summed E-state index contributed by atoms with van der Waals surface area (Å²) in [6.07, 6.45) is 5.23. The fraction of sp³-hybridized carbons (Fsp3) is 0.700. The van der Waals surface area contributed by atoms with Crippen molar-refractivity contribution in [2.24, 2.45) is 0 Å². The lowest BCUT2D eigenvalue weighted by Crippen LogP contribution is -2.38. The molecule has 0 bridgehead atoms. The topological polar surface area (TPSA) is 49.3 Å². The molecule has 1 saturated carbocycles. The minimum absolute atomic E-state index is 0.0383. The third kappa shape index (κ3) is 3.59. The Morgan fingerprint density at radius 3 is 2.62 bits per heavy atom. The van der Waals surface area contributed by atoms with E-state index in [0.29, 0.717) is 6.42 Å². The Hall–Kier alpha value is -0.830. The quantitative estimate of drug-likeness (QED) is 0.641. The first kappa shape index (κ1) is 10.3. The number of carbonyl (C=O) groups is 1. The highest BCUT2D eigenvalue weighted by molar-refractivity contribution is 5.77. The maximum Gasteiger partial charge on any atom is 0.224 e. The standard InChI is InChI=1S/C10H17NO2/c1-2-3-10(13)11-8-4-6-9(12)7-5-8/h2,8-9,12H,1,3-7H2,(H,11,13). The van der Waals surface area contributed by atoms with Gasteiger partial charge in [-0.1, -0.05) is 6.08 Å². The molecule has 0 aromatic carbocycles. The summed E-state index contributed by atoms with van der Waals surface area (Å²) in [5.41, 5.74) is 0. The second-order valence-corrected chi connectivity index (χ2v) is 3.57. The highest BCUT2D eigenvalue weighted by Crippen LogP contribution is 2.18. The van der Waals surface area contributed by atoms with Crippen LogP contribution in [0, 0.1) is 0 Å². The molecule has 13 heavy (non-hydrogen) atoms. The van der Waals surface area contributed by atoms with Crippen LogP contribution in [0.5, 0.6) is 0 Å². The third-order valence-electron chi connectivity index (χ3n) is 2.39. The summed E-state index contributed by atoms with van der Waals surface area (Å²) in [5, 5.41) is 12.2. The fourth-order valence-corrected chi connectivity index (χ4v) is 1.64. The molecular weight excluding hydrogens is 166 g/mol. The Labute approximate surface area is 78.8 Å². The van der Waals surface area contributed by atoms with Crippen molar-refractivity contribution in [1.29, 1.82) is 0 Å². The summed E-state index contributed by atoms with van der Waals surface area (Å²) < 4.78 is 0. The van der Waals surface area contributed by atoms with Crippen LogP contribution in [0.3, 0.4) is 0 Å². The third-order valence-corrected chi connectivity index (χ3v) is 2.39. The van der Waals surface area contributed by atoms with E-state index in [-0.39, 0.29) is 18.1 Å². The molecule has 1 fully saturated rings. The van der Waals surface area contributed by atoms with Gasteiger partial charge in [0.15, 0.2) is 0 Å². The van der Waals surface area contributed by atoms with E-state index >= 15 is 0 Å². The van der Waals surface area contributed by atoms with E-state index in [1.807, 2.05) is 0 Å². The molecule has 0 aromatic heterocycles. The van der Waals surface area contributed by atoms with Crippen molar-refractivity contribution in [2.45, 2.75) is 44.2 Å². The van der Waals surface area contributed by atoms with Gasteiger partial charge in [-0.15, -0.1) is 6.58 Å². The molecule has 1 rings (SSSR count). The molecule has 0 heterocycles. The molecule has 1 aliphatic rings. The lowest BCUT2D eigenvalue weighted by molar-refractivity contribution is -0.121. The number of carbonyl (C=O) groups excluding carboxylic acids is 1. The summed E-state index contributed by atoms with van der Waals surface area (Å²) in [5.74, 6) is 0.0383. The largest absolute Gasteiger partial charge is 0.393 e. The van der Waals surface area contributed by atoms with E-state index in [4.69, 9.17) is 0 Å². The first-order chi connectivity index (χ1) is 6.22. The molecule has 1 aliphatic carbocycles. The minimum atomic E-state index is -0.160. The molecule has 3 nitrogen and oxygen atoms in total. The van der Waals surface area contributed by atoms with Gasteiger partial charge in [0, 0.05) is 12.5 Å². The Kier molecular flexibility index (Phi) is 3.96.